The minimum Gasteiger partial charge on any atom is -0.492 e. The van der Waals surface area contributed by atoms with E-state index in [1.165, 1.54) is 0 Å². The predicted octanol–water partition coefficient (Wildman–Crippen LogP) is 1.39. The van der Waals surface area contributed by atoms with Crippen molar-refractivity contribution in [3.05, 3.63) is 36.4 Å². The fraction of sp³-hybridized carbons (Fsp3) is 0.500. The van der Waals surface area contributed by atoms with Crippen molar-refractivity contribution in [1.82, 2.24) is 4.90 Å². The third-order valence-corrected chi connectivity index (χ3v) is 5.57. The van der Waals surface area contributed by atoms with Gasteiger partial charge in [-0.1, -0.05) is 24.3 Å². The van der Waals surface area contributed by atoms with Crippen LogP contribution in [0.25, 0.3) is 0 Å². The Morgan fingerprint density at radius 3 is 2.44 bits per heavy atom. The van der Waals surface area contributed by atoms with Gasteiger partial charge in [0.1, 0.15) is 11.7 Å². The largest absolute Gasteiger partial charge is 0.492 e. The molecule has 1 amide bonds. The van der Waals surface area contributed by atoms with Crippen molar-refractivity contribution in [2.75, 3.05) is 37.7 Å². The van der Waals surface area contributed by atoms with Crippen molar-refractivity contribution in [3.63, 3.8) is 0 Å². The molecular weight excluding hydrogens is 348 g/mol. The Labute approximate surface area is 158 Å². The van der Waals surface area contributed by atoms with Crippen LogP contribution in [0.5, 0.6) is 5.75 Å². The molecule has 2 bridgehead atoms. The number of rotatable bonds is 5. The first-order valence-corrected chi connectivity index (χ1v) is 9.42. The van der Waals surface area contributed by atoms with Gasteiger partial charge in [0.15, 0.2) is 0 Å². The molecule has 0 radical (unpaired) electrons. The normalized spacial score (nSPS) is 29.2. The van der Waals surface area contributed by atoms with Gasteiger partial charge in [-0.3, -0.25) is 9.59 Å². The number of carboxylic acids is 1. The van der Waals surface area contributed by atoms with E-state index in [-0.39, 0.29) is 5.91 Å². The molecule has 1 N–H and O–H groups in total. The molecule has 3 heterocycles. The van der Waals surface area contributed by atoms with Crippen molar-refractivity contribution < 1.29 is 24.2 Å². The Kier molecular flexibility index (Phi) is 4.78. The summed E-state index contributed by atoms with van der Waals surface area (Å²) in [5.41, 5.74) is 1.03. The first kappa shape index (κ1) is 17.9. The van der Waals surface area contributed by atoms with Crippen molar-refractivity contribution >= 4 is 17.6 Å². The zero-order valence-corrected chi connectivity index (χ0v) is 15.3. The lowest BCUT2D eigenvalue weighted by Crippen LogP contribution is -2.53. The number of nitrogens with zero attached hydrogens (tertiary/aromatic N) is 2. The maximum absolute atomic E-state index is 13.0. The third kappa shape index (κ3) is 3.16. The van der Waals surface area contributed by atoms with Crippen molar-refractivity contribution in [2.24, 2.45) is 11.8 Å². The maximum Gasteiger partial charge on any atom is 0.310 e. The molecule has 3 aliphatic rings. The lowest BCUT2D eigenvalue weighted by Gasteiger charge is -2.38. The third-order valence-electron chi connectivity index (χ3n) is 5.57. The number of carbonyl (C=O) groups excluding carboxylic acids is 1. The van der Waals surface area contributed by atoms with Crippen LogP contribution < -0.4 is 9.64 Å². The van der Waals surface area contributed by atoms with Gasteiger partial charge in [0.2, 0.25) is 5.91 Å². The standard InChI is InChI=1S/C20H24N2O5/c1-2-26-14-6-4-3-5-13(14)21-9-11-22(12-10-21)19(23)17-15-7-8-16(27-15)18(17)20(24)25/h3-8,15-18H,2,9-12H2,1H3,(H,24,25)/t15-,16-,17+,18-/m1/s1. The molecule has 0 saturated carbocycles. The van der Waals surface area contributed by atoms with Gasteiger partial charge in [0.05, 0.1) is 30.4 Å². The van der Waals surface area contributed by atoms with Crippen LogP contribution >= 0.6 is 0 Å². The van der Waals surface area contributed by atoms with Gasteiger partial charge in [-0.15, -0.1) is 0 Å². The Hall–Kier alpha value is -2.54. The average molecular weight is 372 g/mol. The molecule has 0 spiro atoms. The topological polar surface area (TPSA) is 79.3 Å². The van der Waals surface area contributed by atoms with E-state index in [9.17, 15) is 14.7 Å². The number of benzene rings is 1. The molecule has 3 aliphatic heterocycles. The van der Waals surface area contributed by atoms with E-state index < -0.39 is 30.0 Å². The molecule has 27 heavy (non-hydrogen) atoms. The maximum atomic E-state index is 13.0. The zero-order valence-electron chi connectivity index (χ0n) is 15.3. The molecule has 0 aromatic heterocycles. The summed E-state index contributed by atoms with van der Waals surface area (Å²) in [5, 5.41) is 9.52. The average Bonchev–Trinajstić information content (AvgIpc) is 3.30. The highest BCUT2D eigenvalue weighted by Gasteiger charge is 2.54. The van der Waals surface area contributed by atoms with Crippen LogP contribution in [0.15, 0.2) is 36.4 Å². The summed E-state index contributed by atoms with van der Waals surface area (Å²) in [5.74, 6) is -1.65. The van der Waals surface area contributed by atoms with Crippen LogP contribution in [0.4, 0.5) is 5.69 Å². The van der Waals surface area contributed by atoms with E-state index in [1.54, 1.807) is 11.0 Å². The molecule has 0 unspecified atom stereocenters. The van der Waals surface area contributed by atoms with Gasteiger partial charge in [-0.2, -0.15) is 0 Å². The molecule has 0 aliphatic carbocycles. The molecule has 4 atom stereocenters. The van der Waals surface area contributed by atoms with E-state index in [1.807, 2.05) is 37.3 Å². The summed E-state index contributed by atoms with van der Waals surface area (Å²) in [7, 11) is 0. The van der Waals surface area contributed by atoms with Gasteiger partial charge in [-0.25, -0.2) is 0 Å². The van der Waals surface area contributed by atoms with E-state index in [2.05, 4.69) is 4.90 Å². The first-order chi connectivity index (χ1) is 13.1. The molecule has 1 aromatic rings. The number of amides is 1. The number of carbonyl (C=O) groups is 2. The Bertz CT molecular complexity index is 756. The van der Waals surface area contributed by atoms with Crippen molar-refractivity contribution in [2.45, 2.75) is 19.1 Å². The number of fused-ring (bicyclic) bond motifs is 2. The highest BCUT2D eigenvalue weighted by atomic mass is 16.5. The lowest BCUT2D eigenvalue weighted by atomic mass is 9.82. The number of piperazine rings is 1. The van der Waals surface area contributed by atoms with Crippen molar-refractivity contribution in [3.8, 4) is 5.75 Å². The second kappa shape index (κ2) is 7.23. The smallest absolute Gasteiger partial charge is 0.310 e. The molecule has 7 heteroatoms. The van der Waals surface area contributed by atoms with Crippen LogP contribution in [0.3, 0.4) is 0 Å². The van der Waals surface area contributed by atoms with Gasteiger partial charge < -0.3 is 24.4 Å². The number of anilines is 1. The van der Waals surface area contributed by atoms with Crippen LogP contribution in [0, 0.1) is 11.8 Å². The Morgan fingerprint density at radius 1 is 1.11 bits per heavy atom. The summed E-state index contributed by atoms with van der Waals surface area (Å²) < 4.78 is 11.3. The van der Waals surface area contributed by atoms with Crippen LogP contribution in [0.1, 0.15) is 6.92 Å². The minimum absolute atomic E-state index is 0.114. The Balaban J connectivity index is 1.43. The molecule has 4 rings (SSSR count). The minimum atomic E-state index is -0.963. The van der Waals surface area contributed by atoms with E-state index in [0.717, 1.165) is 11.4 Å². The molecular formula is C20H24N2O5. The quantitative estimate of drug-likeness (QED) is 0.787. The predicted molar refractivity (Wildman–Crippen MR) is 98.8 cm³/mol. The molecule has 7 nitrogen and oxygen atoms in total. The van der Waals surface area contributed by atoms with Gasteiger partial charge in [0.25, 0.3) is 0 Å². The highest BCUT2D eigenvalue weighted by molar-refractivity contribution is 5.87. The zero-order chi connectivity index (χ0) is 19.0. The SMILES string of the molecule is CCOc1ccccc1N1CCN(C(=O)[C@@H]2[C@H](C(=O)O)[C@H]3C=C[C@H]2O3)CC1. The van der Waals surface area contributed by atoms with Gasteiger partial charge in [0, 0.05) is 26.2 Å². The number of hydrogen-bond donors (Lipinski definition) is 1. The van der Waals surface area contributed by atoms with Gasteiger partial charge >= 0.3 is 5.97 Å². The second-order valence-corrected chi connectivity index (χ2v) is 7.05. The lowest BCUT2D eigenvalue weighted by molar-refractivity contribution is -0.149. The summed E-state index contributed by atoms with van der Waals surface area (Å²) in [6, 6.07) is 7.90. The number of carboxylic acid groups (broad SMARTS) is 1. The molecule has 144 valence electrons. The van der Waals surface area contributed by atoms with Crippen LogP contribution in [-0.4, -0.2) is 66.9 Å². The van der Waals surface area contributed by atoms with E-state index >= 15 is 0 Å². The van der Waals surface area contributed by atoms with Crippen molar-refractivity contribution in [1.29, 1.82) is 0 Å². The first-order valence-electron chi connectivity index (χ1n) is 9.42. The number of para-hydroxylation sites is 2. The summed E-state index contributed by atoms with van der Waals surface area (Å²) >= 11 is 0. The second-order valence-electron chi connectivity index (χ2n) is 7.05. The molecule has 2 saturated heterocycles. The van der Waals surface area contributed by atoms with E-state index in [0.29, 0.717) is 32.8 Å². The van der Waals surface area contributed by atoms with Crippen LogP contribution in [-0.2, 0) is 14.3 Å². The number of aliphatic carboxylic acids is 1. The fourth-order valence-electron chi connectivity index (χ4n) is 4.27. The molecule has 1 aromatic carbocycles. The summed E-state index contributed by atoms with van der Waals surface area (Å²) in [6.07, 6.45) is 2.68. The summed E-state index contributed by atoms with van der Waals surface area (Å²) in [4.78, 5) is 28.6. The van der Waals surface area contributed by atoms with E-state index in [4.69, 9.17) is 9.47 Å². The fourth-order valence-corrected chi connectivity index (χ4v) is 4.27. The molecule has 2 fully saturated rings. The van der Waals surface area contributed by atoms with Gasteiger partial charge in [-0.05, 0) is 19.1 Å². The summed E-state index contributed by atoms with van der Waals surface area (Å²) in [6.45, 7) is 5.05. The number of hydrogen-bond acceptors (Lipinski definition) is 5. The van der Waals surface area contributed by atoms with Crippen LogP contribution in [0.2, 0.25) is 0 Å². The number of ether oxygens (including phenoxy) is 2. The Morgan fingerprint density at radius 2 is 1.78 bits per heavy atom. The monoisotopic (exact) mass is 372 g/mol. The highest BCUT2D eigenvalue weighted by Crippen LogP contribution is 2.40.